The average molecular weight is 634 g/mol. The molecule has 2 heterocycles. The molecule has 0 unspecified atom stereocenters. The van der Waals surface area contributed by atoms with Crippen LogP contribution in [-0.4, -0.2) is 23.5 Å². The van der Waals surface area contributed by atoms with Crippen molar-refractivity contribution in [2.24, 2.45) is 11.3 Å². The third-order valence-electron chi connectivity index (χ3n) is 7.91. The Hall–Kier alpha value is -3.56. The molecule has 2 aromatic heterocycles. The lowest BCUT2D eigenvalue weighted by Crippen LogP contribution is -2.27. The maximum atomic E-state index is 12.6. The van der Waals surface area contributed by atoms with Crippen molar-refractivity contribution >= 4 is 16.9 Å². The zero-order chi connectivity index (χ0) is 33.0. The molecule has 0 spiro atoms. The number of halogens is 3. The summed E-state index contributed by atoms with van der Waals surface area (Å²) in [6.45, 7) is 9.26. The number of hydrogen-bond donors (Lipinski definition) is 0. The largest absolute Gasteiger partial charge is 0.573 e. The lowest BCUT2D eigenvalue weighted by Gasteiger charge is -2.23. The molecule has 7 nitrogen and oxygen atoms in total. The number of nitrogens with zero attached hydrogens (tertiary/aromatic N) is 1. The summed E-state index contributed by atoms with van der Waals surface area (Å²) < 4.78 is 53.7. The van der Waals surface area contributed by atoms with E-state index < -0.39 is 23.2 Å². The molecule has 0 aliphatic rings. The number of pyridine rings is 1. The van der Waals surface area contributed by atoms with E-state index in [4.69, 9.17) is 9.15 Å². The molecule has 0 radical (unpaired) electrons. The first-order valence-electron chi connectivity index (χ1n) is 16.0. The van der Waals surface area contributed by atoms with Crippen molar-refractivity contribution in [2.45, 2.75) is 111 Å². The second-order valence-corrected chi connectivity index (χ2v) is 12.8. The molecule has 0 aliphatic carbocycles. The molecule has 0 N–H and O–H groups in total. The normalized spacial score (nSPS) is 12.2. The van der Waals surface area contributed by atoms with Crippen LogP contribution in [0.15, 0.2) is 56.6 Å². The van der Waals surface area contributed by atoms with Crippen LogP contribution in [0.4, 0.5) is 13.2 Å². The van der Waals surface area contributed by atoms with Gasteiger partial charge in [-0.15, -0.1) is 13.2 Å². The lowest BCUT2D eigenvalue weighted by atomic mass is 9.85. The molecule has 0 aliphatic heterocycles. The summed E-state index contributed by atoms with van der Waals surface area (Å²) in [6, 6.07) is 7.82. The number of aryl methyl sites for hydroxylation is 1. The second-order valence-electron chi connectivity index (χ2n) is 12.8. The van der Waals surface area contributed by atoms with Crippen LogP contribution in [0, 0.1) is 11.3 Å². The Labute approximate surface area is 262 Å². The van der Waals surface area contributed by atoms with Gasteiger partial charge in [0.2, 0.25) is 0 Å². The number of aromatic nitrogens is 1. The van der Waals surface area contributed by atoms with E-state index in [1.54, 1.807) is 16.8 Å². The first-order valence-corrected chi connectivity index (χ1v) is 16.0. The summed E-state index contributed by atoms with van der Waals surface area (Å²) in [4.78, 5) is 37.4. The van der Waals surface area contributed by atoms with Gasteiger partial charge in [0.05, 0.1) is 17.6 Å². The van der Waals surface area contributed by atoms with Crippen LogP contribution >= 0.6 is 0 Å². The Morgan fingerprint density at radius 1 is 0.889 bits per heavy atom. The fourth-order valence-electron chi connectivity index (χ4n) is 5.09. The molecular weight excluding hydrogens is 587 g/mol. The number of unbranched alkanes of at least 4 members (excludes halogenated alkanes) is 8. The standard InChI is InChI=1S/C35H46F3NO6/c1-25(2)18-19-34(3,4)33(42)43-21-13-11-9-7-5-6-8-10-12-20-39-24-27-22-29(32(41)44-30(27)23-31(39)40)26-14-16-28(17-15-26)45-35(36,37)38/h14-17,22-25H,5-13,18-21H2,1-4H3. The van der Waals surface area contributed by atoms with Crippen molar-refractivity contribution < 1.29 is 31.9 Å². The molecule has 248 valence electrons. The molecule has 10 heteroatoms. The van der Waals surface area contributed by atoms with E-state index in [9.17, 15) is 27.6 Å². The molecule has 3 aromatic rings. The third-order valence-corrected chi connectivity index (χ3v) is 7.91. The molecule has 0 atom stereocenters. The fourth-order valence-corrected chi connectivity index (χ4v) is 5.09. The van der Waals surface area contributed by atoms with E-state index in [0.29, 0.717) is 30.0 Å². The highest BCUT2D eigenvalue weighted by Crippen LogP contribution is 2.28. The zero-order valence-corrected chi connectivity index (χ0v) is 26.8. The monoisotopic (exact) mass is 633 g/mol. The minimum atomic E-state index is -4.81. The highest BCUT2D eigenvalue weighted by atomic mass is 19.4. The molecule has 3 rings (SSSR count). The smallest absolute Gasteiger partial charge is 0.465 e. The van der Waals surface area contributed by atoms with E-state index in [-0.39, 0.29) is 22.7 Å². The van der Waals surface area contributed by atoms with Gasteiger partial charge in [0.15, 0.2) is 0 Å². The Kier molecular flexibility index (Phi) is 13.3. The van der Waals surface area contributed by atoms with Gasteiger partial charge in [0.1, 0.15) is 11.3 Å². The van der Waals surface area contributed by atoms with Gasteiger partial charge in [0.25, 0.3) is 5.56 Å². The van der Waals surface area contributed by atoms with Gasteiger partial charge in [-0.2, -0.15) is 0 Å². The predicted molar refractivity (Wildman–Crippen MR) is 169 cm³/mol. The topological polar surface area (TPSA) is 87.7 Å². The van der Waals surface area contributed by atoms with Gasteiger partial charge < -0.3 is 18.5 Å². The first kappa shape index (κ1) is 35.9. The lowest BCUT2D eigenvalue weighted by molar-refractivity contribution is -0.274. The molecular formula is C35H46F3NO6. The molecule has 1 aromatic carbocycles. The predicted octanol–water partition coefficient (Wildman–Crippen LogP) is 9.04. The number of carbonyl (C=O) groups excluding carboxylic acids is 1. The highest BCUT2D eigenvalue weighted by molar-refractivity contribution is 5.81. The van der Waals surface area contributed by atoms with E-state index in [1.807, 2.05) is 13.8 Å². The van der Waals surface area contributed by atoms with Crippen LogP contribution < -0.4 is 15.9 Å². The summed E-state index contributed by atoms with van der Waals surface area (Å²) in [5.74, 6) is 0.0819. The maximum absolute atomic E-state index is 12.6. The van der Waals surface area contributed by atoms with E-state index in [0.717, 1.165) is 82.8 Å². The van der Waals surface area contributed by atoms with E-state index in [1.165, 1.54) is 18.2 Å². The van der Waals surface area contributed by atoms with Crippen LogP contribution in [0.25, 0.3) is 22.1 Å². The highest BCUT2D eigenvalue weighted by Gasteiger charge is 2.31. The Balaban J connectivity index is 1.36. The van der Waals surface area contributed by atoms with Gasteiger partial charge in [-0.3, -0.25) is 9.59 Å². The minimum Gasteiger partial charge on any atom is -0.465 e. The number of fused-ring (bicyclic) bond motifs is 1. The van der Waals surface area contributed by atoms with E-state index >= 15 is 0 Å². The van der Waals surface area contributed by atoms with Gasteiger partial charge in [-0.05, 0) is 69.2 Å². The van der Waals surface area contributed by atoms with Crippen LogP contribution in [0.2, 0.25) is 0 Å². The molecule has 0 saturated heterocycles. The summed E-state index contributed by atoms with van der Waals surface area (Å²) >= 11 is 0. The number of alkyl halides is 3. The Morgan fingerprint density at radius 2 is 1.49 bits per heavy atom. The maximum Gasteiger partial charge on any atom is 0.573 e. The van der Waals surface area contributed by atoms with Crippen LogP contribution in [0.3, 0.4) is 0 Å². The number of hydrogen-bond acceptors (Lipinski definition) is 6. The van der Waals surface area contributed by atoms with Crippen molar-refractivity contribution in [3.63, 3.8) is 0 Å². The molecule has 0 fully saturated rings. The number of carbonyl (C=O) groups is 1. The third kappa shape index (κ3) is 12.0. The Bertz CT molecular complexity index is 1490. The minimum absolute atomic E-state index is 0.0995. The number of ether oxygens (including phenoxy) is 2. The summed E-state index contributed by atoms with van der Waals surface area (Å²) in [5, 5.41) is 0.546. The Morgan fingerprint density at radius 3 is 2.09 bits per heavy atom. The van der Waals surface area contributed by atoms with Crippen molar-refractivity contribution in [2.75, 3.05) is 6.61 Å². The number of rotatable bonds is 18. The van der Waals surface area contributed by atoms with Crippen LogP contribution in [0.1, 0.15) is 98.3 Å². The van der Waals surface area contributed by atoms with Crippen molar-refractivity contribution in [3.05, 3.63) is 63.4 Å². The summed E-state index contributed by atoms with van der Waals surface area (Å²) in [6.07, 6.45) is 8.03. The molecule has 0 amide bonds. The van der Waals surface area contributed by atoms with Gasteiger partial charge >= 0.3 is 18.0 Å². The van der Waals surface area contributed by atoms with Crippen molar-refractivity contribution in [1.29, 1.82) is 0 Å². The van der Waals surface area contributed by atoms with Gasteiger partial charge in [0, 0.05) is 24.2 Å². The molecule has 0 bridgehead atoms. The SMILES string of the molecule is CC(C)CCC(C)(C)C(=O)OCCCCCCCCCCCn1cc2cc(-c3ccc(OC(F)(F)F)cc3)c(=O)oc2cc1=O. The zero-order valence-electron chi connectivity index (χ0n) is 26.8. The second kappa shape index (κ2) is 16.7. The first-order chi connectivity index (χ1) is 21.2. The van der Waals surface area contributed by atoms with E-state index in [2.05, 4.69) is 18.6 Å². The van der Waals surface area contributed by atoms with Crippen LogP contribution in [-0.2, 0) is 16.1 Å². The number of benzene rings is 1. The van der Waals surface area contributed by atoms with Gasteiger partial charge in [-0.25, -0.2) is 4.79 Å². The van der Waals surface area contributed by atoms with Crippen molar-refractivity contribution in [3.8, 4) is 16.9 Å². The number of esters is 1. The summed E-state index contributed by atoms with van der Waals surface area (Å²) in [7, 11) is 0. The van der Waals surface area contributed by atoms with Gasteiger partial charge in [-0.1, -0.05) is 70.9 Å². The average Bonchev–Trinajstić information content (AvgIpc) is 2.96. The molecule has 0 saturated carbocycles. The quantitative estimate of drug-likeness (QED) is 0.103. The van der Waals surface area contributed by atoms with Crippen molar-refractivity contribution in [1.82, 2.24) is 4.57 Å². The van der Waals surface area contributed by atoms with Crippen LogP contribution in [0.5, 0.6) is 5.75 Å². The fraction of sp³-hybridized carbons (Fsp3) is 0.571. The molecule has 45 heavy (non-hydrogen) atoms. The summed E-state index contributed by atoms with van der Waals surface area (Å²) in [5.41, 5.74) is -0.678.